The van der Waals surface area contributed by atoms with E-state index >= 15 is 0 Å². The number of nitrogens with zero attached hydrogens (tertiary/aromatic N) is 3. The zero-order valence-corrected chi connectivity index (χ0v) is 20.1. The Morgan fingerprint density at radius 1 is 0.919 bits per heavy atom. The molecule has 0 aliphatic carbocycles. The second kappa shape index (κ2) is 10.5. The van der Waals surface area contributed by atoms with Crippen LogP contribution in [0, 0.1) is 20.2 Å². The van der Waals surface area contributed by atoms with E-state index in [1.807, 2.05) is 0 Å². The van der Waals surface area contributed by atoms with Crippen LogP contribution in [0.3, 0.4) is 0 Å². The first-order valence-corrected chi connectivity index (χ1v) is 12.2. The molecule has 0 radical (unpaired) electrons. The molecule has 188 valence electrons. The number of rotatable bonds is 9. The van der Waals surface area contributed by atoms with Gasteiger partial charge in [0.05, 0.1) is 26.6 Å². The van der Waals surface area contributed by atoms with Crippen LogP contribution < -0.4 is 10.1 Å². The predicted molar refractivity (Wildman–Crippen MR) is 137 cm³/mol. The molecule has 1 heterocycles. The van der Waals surface area contributed by atoms with Crippen LogP contribution in [0.1, 0.15) is 5.76 Å². The highest BCUT2D eigenvalue weighted by Gasteiger charge is 2.22. The van der Waals surface area contributed by atoms with Crippen LogP contribution in [-0.2, 0) is 10.0 Å². The summed E-state index contributed by atoms with van der Waals surface area (Å²) in [6, 6.07) is 18.3. The molecule has 0 aliphatic rings. The third-order valence-electron chi connectivity index (χ3n) is 4.90. The summed E-state index contributed by atoms with van der Waals surface area (Å²) in [7, 11) is -4.13. The van der Waals surface area contributed by atoms with E-state index in [0.717, 1.165) is 6.07 Å². The van der Waals surface area contributed by atoms with Gasteiger partial charge in [0.1, 0.15) is 17.2 Å². The number of hydrogen-bond acceptors (Lipinski definition) is 9. The Hall–Kier alpha value is -4.75. The first-order chi connectivity index (χ1) is 17.6. The van der Waals surface area contributed by atoms with E-state index in [-0.39, 0.29) is 27.7 Å². The summed E-state index contributed by atoms with van der Waals surface area (Å²) in [5.41, 5.74) is 2.51. The normalized spacial score (nSPS) is 11.4. The molecule has 0 amide bonds. The Bertz CT molecular complexity index is 1640. The standard InChI is InChI=1S/C23H16ClN5O7S/c24-16-4-2-5-17(12-16)27-37(34,35)20-8-9-21(22(13-20)29(32)33)26-25-14-19-7-10-23(36-19)15-3-1-6-18(11-15)28(30)31/h1-14,26-27H/b25-14+. The summed E-state index contributed by atoms with van der Waals surface area (Å²) in [4.78, 5) is 21.0. The minimum atomic E-state index is -4.13. The van der Waals surface area contributed by atoms with E-state index in [2.05, 4.69) is 15.2 Å². The van der Waals surface area contributed by atoms with Crippen molar-refractivity contribution >= 4 is 50.6 Å². The molecule has 0 aliphatic heterocycles. The lowest BCUT2D eigenvalue weighted by atomic mass is 10.1. The van der Waals surface area contributed by atoms with Crippen molar-refractivity contribution in [3.05, 3.63) is 110 Å². The van der Waals surface area contributed by atoms with Gasteiger partial charge in [-0.1, -0.05) is 29.8 Å². The number of nitrogens with one attached hydrogen (secondary N) is 2. The maximum Gasteiger partial charge on any atom is 0.295 e. The molecule has 4 rings (SSSR count). The summed E-state index contributed by atoms with van der Waals surface area (Å²) < 4.78 is 33.3. The summed E-state index contributed by atoms with van der Waals surface area (Å²) in [6.45, 7) is 0. The summed E-state index contributed by atoms with van der Waals surface area (Å²) in [6.07, 6.45) is 1.25. The van der Waals surface area contributed by atoms with Crippen LogP contribution in [0.2, 0.25) is 5.02 Å². The van der Waals surface area contributed by atoms with Gasteiger partial charge in [-0.2, -0.15) is 5.10 Å². The van der Waals surface area contributed by atoms with Gasteiger partial charge in [0.2, 0.25) is 0 Å². The lowest BCUT2D eigenvalue weighted by Gasteiger charge is -2.09. The van der Waals surface area contributed by atoms with Gasteiger partial charge in [0, 0.05) is 28.8 Å². The maximum absolute atomic E-state index is 12.7. The molecule has 3 aromatic carbocycles. The van der Waals surface area contributed by atoms with E-state index in [9.17, 15) is 28.6 Å². The van der Waals surface area contributed by atoms with Gasteiger partial charge in [0.15, 0.2) is 0 Å². The van der Waals surface area contributed by atoms with Crippen molar-refractivity contribution in [1.82, 2.24) is 0 Å². The third-order valence-corrected chi connectivity index (χ3v) is 6.51. The SMILES string of the molecule is O=[N+]([O-])c1cccc(-c2ccc(/C=N/Nc3ccc(S(=O)(=O)Nc4cccc(Cl)c4)cc3[N+](=O)[O-])o2)c1. The summed E-state index contributed by atoms with van der Waals surface area (Å²) >= 11 is 5.87. The molecule has 4 aromatic rings. The molecule has 1 aromatic heterocycles. The van der Waals surface area contributed by atoms with Crippen molar-refractivity contribution in [2.45, 2.75) is 4.90 Å². The minimum Gasteiger partial charge on any atom is -0.455 e. The number of sulfonamides is 1. The summed E-state index contributed by atoms with van der Waals surface area (Å²) in [5.74, 6) is 0.625. The molecule has 12 nitrogen and oxygen atoms in total. The molecule has 2 N–H and O–H groups in total. The van der Waals surface area contributed by atoms with Gasteiger partial charge >= 0.3 is 0 Å². The largest absolute Gasteiger partial charge is 0.455 e. The Labute approximate surface area is 214 Å². The fraction of sp³-hybridized carbons (Fsp3) is 0. The van der Waals surface area contributed by atoms with E-state index in [1.165, 1.54) is 48.7 Å². The van der Waals surface area contributed by atoms with E-state index in [4.69, 9.17) is 16.0 Å². The molecule has 0 saturated heterocycles. The van der Waals surface area contributed by atoms with Gasteiger partial charge in [-0.3, -0.25) is 30.4 Å². The lowest BCUT2D eigenvalue weighted by Crippen LogP contribution is -2.13. The van der Waals surface area contributed by atoms with Crippen molar-refractivity contribution in [1.29, 1.82) is 0 Å². The van der Waals surface area contributed by atoms with Crippen molar-refractivity contribution in [2.75, 3.05) is 10.1 Å². The highest BCUT2D eigenvalue weighted by Crippen LogP contribution is 2.29. The zero-order chi connectivity index (χ0) is 26.6. The molecule has 0 fully saturated rings. The number of anilines is 2. The van der Waals surface area contributed by atoms with Gasteiger partial charge in [-0.25, -0.2) is 8.42 Å². The fourth-order valence-electron chi connectivity index (χ4n) is 3.21. The number of furan rings is 1. The molecular weight excluding hydrogens is 526 g/mol. The van der Waals surface area contributed by atoms with Crippen LogP contribution in [-0.4, -0.2) is 24.5 Å². The quantitative estimate of drug-likeness (QED) is 0.155. The Balaban J connectivity index is 1.51. The van der Waals surface area contributed by atoms with Crippen molar-refractivity contribution in [2.24, 2.45) is 5.10 Å². The molecule has 0 bridgehead atoms. The van der Waals surface area contributed by atoms with Gasteiger partial charge in [-0.05, 0) is 42.5 Å². The first-order valence-electron chi connectivity index (χ1n) is 10.3. The fourth-order valence-corrected chi connectivity index (χ4v) is 4.47. The highest BCUT2D eigenvalue weighted by molar-refractivity contribution is 7.92. The molecule has 0 unspecified atom stereocenters. The number of nitro benzene ring substituents is 2. The second-order valence-electron chi connectivity index (χ2n) is 7.43. The van der Waals surface area contributed by atoms with Crippen LogP contribution >= 0.6 is 11.6 Å². The van der Waals surface area contributed by atoms with Gasteiger partial charge in [-0.15, -0.1) is 0 Å². The van der Waals surface area contributed by atoms with Gasteiger partial charge < -0.3 is 4.42 Å². The Morgan fingerprint density at radius 2 is 1.70 bits per heavy atom. The molecule has 14 heteroatoms. The predicted octanol–water partition coefficient (Wildman–Crippen LogP) is 5.66. The average molecular weight is 542 g/mol. The second-order valence-corrected chi connectivity index (χ2v) is 9.55. The molecule has 37 heavy (non-hydrogen) atoms. The number of hydrogen-bond donors (Lipinski definition) is 2. The zero-order valence-electron chi connectivity index (χ0n) is 18.6. The smallest absolute Gasteiger partial charge is 0.295 e. The molecule has 0 spiro atoms. The summed E-state index contributed by atoms with van der Waals surface area (Å²) in [5, 5.41) is 26.8. The number of non-ortho nitro benzene ring substituents is 1. The van der Waals surface area contributed by atoms with Crippen molar-refractivity contribution in [3.8, 4) is 11.3 Å². The monoisotopic (exact) mass is 541 g/mol. The lowest BCUT2D eigenvalue weighted by molar-refractivity contribution is -0.384. The number of hydrazone groups is 1. The van der Waals surface area contributed by atoms with Crippen molar-refractivity contribution < 1.29 is 22.7 Å². The van der Waals surface area contributed by atoms with E-state index < -0.39 is 25.6 Å². The van der Waals surface area contributed by atoms with Gasteiger partial charge in [0.25, 0.3) is 21.4 Å². The van der Waals surface area contributed by atoms with Crippen LogP contribution in [0.15, 0.2) is 93.3 Å². The van der Waals surface area contributed by atoms with Crippen LogP contribution in [0.4, 0.5) is 22.7 Å². The Morgan fingerprint density at radius 3 is 2.43 bits per heavy atom. The van der Waals surface area contributed by atoms with E-state index in [0.29, 0.717) is 16.3 Å². The average Bonchev–Trinajstić information content (AvgIpc) is 3.33. The third kappa shape index (κ3) is 6.09. The minimum absolute atomic E-state index is 0.0616. The van der Waals surface area contributed by atoms with Crippen molar-refractivity contribution in [3.63, 3.8) is 0 Å². The Kier molecular flexibility index (Phi) is 7.18. The number of nitro groups is 2. The topological polar surface area (TPSA) is 170 Å². The number of halogens is 1. The highest BCUT2D eigenvalue weighted by atomic mass is 35.5. The maximum atomic E-state index is 12.7. The number of benzene rings is 3. The molecular formula is C23H16ClN5O7S. The molecule has 0 atom stereocenters. The van der Waals surface area contributed by atoms with Crippen LogP contribution in [0.25, 0.3) is 11.3 Å². The first kappa shape index (κ1) is 25.3. The van der Waals surface area contributed by atoms with Crippen LogP contribution in [0.5, 0.6) is 0 Å². The molecule has 0 saturated carbocycles. The van der Waals surface area contributed by atoms with E-state index in [1.54, 1.807) is 30.3 Å².